The molecular weight excluding hydrogens is 224 g/mol. The van der Waals surface area contributed by atoms with Crippen molar-refractivity contribution in [2.45, 2.75) is 16.3 Å². The van der Waals surface area contributed by atoms with E-state index >= 15 is 0 Å². The van der Waals surface area contributed by atoms with Gasteiger partial charge in [-0.2, -0.15) is 0 Å². The maximum absolute atomic E-state index is 10.4. The van der Waals surface area contributed by atoms with Crippen molar-refractivity contribution in [3.63, 3.8) is 0 Å². The van der Waals surface area contributed by atoms with Gasteiger partial charge in [-0.3, -0.25) is 0 Å². The van der Waals surface area contributed by atoms with Crippen LogP contribution in [0.3, 0.4) is 0 Å². The number of alkyl halides is 2. The predicted octanol–water partition coefficient (Wildman–Crippen LogP) is 1.92. The second-order valence-corrected chi connectivity index (χ2v) is 4.97. The minimum atomic E-state index is -0.302. The molecule has 0 bridgehead atoms. The zero-order chi connectivity index (χ0) is 5.44. The van der Waals surface area contributed by atoms with E-state index in [4.69, 9.17) is 0 Å². The van der Waals surface area contributed by atoms with Crippen molar-refractivity contribution in [3.8, 4) is 0 Å². The molecule has 2 atom stereocenters. The zero-order valence-electron chi connectivity index (χ0n) is 3.60. The normalized spacial score (nSPS) is 39.4. The minimum absolute atomic E-state index is 0.252. The summed E-state index contributed by atoms with van der Waals surface area (Å²) in [6, 6.07) is 0. The third-order valence-corrected chi connectivity index (χ3v) is 2.46. The predicted molar refractivity (Wildman–Crippen MR) is 34.2 cm³/mol. The lowest BCUT2D eigenvalue weighted by molar-refractivity contribution is 0.163. The molecule has 1 fully saturated rings. The quantitative estimate of drug-likeness (QED) is 0.612. The average Bonchev–Trinajstić information content (AvgIpc) is 2.17. The molecule has 0 aliphatic heterocycles. The molecule has 1 saturated carbocycles. The molecule has 41 valence electrons. The van der Waals surface area contributed by atoms with E-state index in [2.05, 4.69) is 31.9 Å². The highest BCUT2D eigenvalue weighted by atomic mass is 79.9. The van der Waals surface area contributed by atoms with Crippen LogP contribution in [0.1, 0.15) is 6.42 Å². The SMILES string of the molecule is [O]C1CC1C(Br)Br. The second-order valence-electron chi connectivity index (χ2n) is 1.77. The van der Waals surface area contributed by atoms with Crippen LogP contribution in [0.25, 0.3) is 0 Å². The lowest BCUT2D eigenvalue weighted by Gasteiger charge is -1.90. The van der Waals surface area contributed by atoms with Crippen LogP contribution >= 0.6 is 31.9 Å². The summed E-state index contributed by atoms with van der Waals surface area (Å²) in [4.78, 5) is 0. The molecule has 1 radical (unpaired) electrons. The van der Waals surface area contributed by atoms with E-state index in [1.165, 1.54) is 0 Å². The molecule has 2 unspecified atom stereocenters. The molecular formula is C4H5Br2O. The van der Waals surface area contributed by atoms with Crippen molar-refractivity contribution in [3.05, 3.63) is 0 Å². The summed E-state index contributed by atoms with van der Waals surface area (Å²) >= 11 is 6.52. The van der Waals surface area contributed by atoms with Gasteiger partial charge in [0, 0.05) is 5.92 Å². The molecule has 0 aromatic carbocycles. The van der Waals surface area contributed by atoms with E-state index in [9.17, 15) is 5.11 Å². The van der Waals surface area contributed by atoms with Gasteiger partial charge in [0.1, 0.15) is 0 Å². The van der Waals surface area contributed by atoms with Crippen molar-refractivity contribution < 1.29 is 5.11 Å². The van der Waals surface area contributed by atoms with Crippen LogP contribution in [0.2, 0.25) is 0 Å². The van der Waals surface area contributed by atoms with Gasteiger partial charge >= 0.3 is 0 Å². The van der Waals surface area contributed by atoms with Crippen LogP contribution in [-0.4, -0.2) is 9.84 Å². The number of halogens is 2. The van der Waals surface area contributed by atoms with E-state index in [0.29, 0.717) is 5.92 Å². The highest BCUT2D eigenvalue weighted by Gasteiger charge is 2.41. The Balaban J connectivity index is 2.20. The Morgan fingerprint density at radius 2 is 2.00 bits per heavy atom. The molecule has 0 heterocycles. The summed E-state index contributed by atoms with van der Waals surface area (Å²) < 4.78 is 0.252. The maximum Gasteiger partial charge on any atom is 0.0982 e. The second kappa shape index (κ2) is 2.03. The van der Waals surface area contributed by atoms with Gasteiger partial charge in [-0.1, -0.05) is 31.9 Å². The highest BCUT2D eigenvalue weighted by Crippen LogP contribution is 2.40. The minimum Gasteiger partial charge on any atom is -0.233 e. The zero-order valence-corrected chi connectivity index (χ0v) is 6.78. The van der Waals surface area contributed by atoms with Gasteiger partial charge in [0.25, 0.3) is 0 Å². The summed E-state index contributed by atoms with van der Waals surface area (Å²) in [6.07, 6.45) is 0.532. The fraction of sp³-hybridized carbons (Fsp3) is 1.00. The van der Waals surface area contributed by atoms with Crippen LogP contribution in [0.4, 0.5) is 0 Å². The third-order valence-electron chi connectivity index (χ3n) is 1.10. The summed E-state index contributed by atoms with van der Waals surface area (Å²) in [5, 5.41) is 10.4. The first-order chi connectivity index (χ1) is 3.22. The van der Waals surface area contributed by atoms with Gasteiger partial charge in [0.2, 0.25) is 0 Å². The Kier molecular flexibility index (Phi) is 1.76. The van der Waals surface area contributed by atoms with E-state index in [1.54, 1.807) is 0 Å². The smallest absolute Gasteiger partial charge is 0.0982 e. The molecule has 0 spiro atoms. The van der Waals surface area contributed by atoms with Crippen molar-refractivity contribution in [1.29, 1.82) is 0 Å². The molecule has 0 saturated heterocycles. The first-order valence-electron chi connectivity index (χ1n) is 2.16. The van der Waals surface area contributed by atoms with Crippen LogP contribution in [0, 0.1) is 5.92 Å². The monoisotopic (exact) mass is 227 g/mol. The summed E-state index contributed by atoms with van der Waals surface area (Å²) in [5.41, 5.74) is 0. The van der Waals surface area contributed by atoms with E-state index in [-0.39, 0.29) is 9.84 Å². The topological polar surface area (TPSA) is 19.9 Å². The first kappa shape index (κ1) is 6.05. The Morgan fingerprint density at radius 3 is 2.00 bits per heavy atom. The fourth-order valence-corrected chi connectivity index (χ4v) is 1.57. The van der Waals surface area contributed by atoms with Gasteiger partial charge in [0.05, 0.1) is 9.84 Å². The van der Waals surface area contributed by atoms with Crippen LogP contribution in [0.5, 0.6) is 0 Å². The van der Waals surface area contributed by atoms with Crippen LogP contribution in [0.15, 0.2) is 0 Å². The Bertz CT molecular complexity index is 74.1. The van der Waals surface area contributed by atoms with Crippen molar-refractivity contribution in [1.82, 2.24) is 0 Å². The maximum atomic E-state index is 10.4. The Hall–Kier alpha value is 0.920. The number of hydrogen-bond donors (Lipinski definition) is 0. The standard InChI is InChI=1S/C4H5Br2O/c5-4(6)2-1-3(2)7/h2-4H,1H2. The Morgan fingerprint density at radius 1 is 1.57 bits per heavy atom. The van der Waals surface area contributed by atoms with Gasteiger partial charge in [-0.25, -0.2) is 5.11 Å². The van der Waals surface area contributed by atoms with Gasteiger partial charge in [-0.05, 0) is 6.42 Å². The van der Waals surface area contributed by atoms with Gasteiger partial charge < -0.3 is 0 Å². The largest absolute Gasteiger partial charge is 0.233 e. The molecule has 0 N–H and O–H groups in total. The number of hydrogen-bond acceptors (Lipinski definition) is 0. The van der Waals surface area contributed by atoms with E-state index in [0.717, 1.165) is 6.42 Å². The Labute approximate surface area is 59.4 Å². The van der Waals surface area contributed by atoms with Crippen molar-refractivity contribution in [2.24, 2.45) is 5.92 Å². The summed E-state index contributed by atoms with van der Waals surface area (Å²) in [7, 11) is 0. The lowest BCUT2D eigenvalue weighted by atomic mass is 10.5. The van der Waals surface area contributed by atoms with Gasteiger partial charge in [0.15, 0.2) is 0 Å². The third kappa shape index (κ3) is 1.40. The first-order valence-corrected chi connectivity index (χ1v) is 3.99. The number of rotatable bonds is 1. The van der Waals surface area contributed by atoms with Crippen LogP contribution in [-0.2, 0) is 5.11 Å². The lowest BCUT2D eigenvalue weighted by Crippen LogP contribution is -1.91. The van der Waals surface area contributed by atoms with Gasteiger partial charge in [-0.15, -0.1) is 0 Å². The molecule has 7 heavy (non-hydrogen) atoms. The molecule has 1 nitrogen and oxygen atoms in total. The molecule has 0 amide bonds. The molecule has 1 aliphatic rings. The molecule has 3 heteroatoms. The van der Waals surface area contributed by atoms with E-state index in [1.807, 2.05) is 0 Å². The summed E-state index contributed by atoms with van der Waals surface area (Å²) in [5.74, 6) is 0.347. The fourth-order valence-electron chi connectivity index (χ4n) is 0.455. The summed E-state index contributed by atoms with van der Waals surface area (Å²) in [6.45, 7) is 0. The molecule has 1 aliphatic carbocycles. The highest BCUT2D eigenvalue weighted by molar-refractivity contribution is 9.24. The molecule has 0 aromatic heterocycles. The van der Waals surface area contributed by atoms with Crippen LogP contribution < -0.4 is 0 Å². The van der Waals surface area contributed by atoms with Crippen molar-refractivity contribution >= 4 is 31.9 Å². The molecule has 0 aromatic rings. The average molecular weight is 229 g/mol. The molecule has 1 rings (SSSR count). The van der Waals surface area contributed by atoms with E-state index < -0.39 is 0 Å². The van der Waals surface area contributed by atoms with Crippen molar-refractivity contribution in [2.75, 3.05) is 0 Å².